The first-order valence-corrected chi connectivity index (χ1v) is 8.64. The molecule has 1 saturated heterocycles. The molecule has 0 aliphatic carbocycles. The molecule has 2 atom stereocenters. The number of nitrogens with one attached hydrogen (secondary N) is 2. The standard InChI is InChI=1S/C19H26N2O4/c1-12-7-8-14(10-13(12)2)17(19(24)25-3)21-16(22)11-15-6-4-5-9-20-18(15)23/h7-8,10,15,17H,4-6,9,11H2,1-3H3,(H,20,23)(H,21,22)/t15-,17+/m0/s1. The van der Waals surface area contributed by atoms with E-state index in [9.17, 15) is 14.4 Å². The summed E-state index contributed by atoms with van der Waals surface area (Å²) in [6, 6.07) is 4.72. The first kappa shape index (κ1) is 19.0. The maximum absolute atomic E-state index is 12.4. The van der Waals surface area contributed by atoms with Crippen LogP contribution in [0.25, 0.3) is 0 Å². The van der Waals surface area contributed by atoms with Crippen LogP contribution in [0.1, 0.15) is 48.4 Å². The minimum atomic E-state index is -0.870. The average molecular weight is 346 g/mol. The molecule has 6 heteroatoms. The molecule has 1 aliphatic rings. The monoisotopic (exact) mass is 346 g/mol. The van der Waals surface area contributed by atoms with Gasteiger partial charge in [-0.05, 0) is 43.4 Å². The zero-order valence-electron chi connectivity index (χ0n) is 15.1. The summed E-state index contributed by atoms with van der Waals surface area (Å²) in [5.41, 5.74) is 2.81. The van der Waals surface area contributed by atoms with Gasteiger partial charge in [-0.25, -0.2) is 4.79 Å². The Morgan fingerprint density at radius 2 is 2.04 bits per heavy atom. The van der Waals surface area contributed by atoms with Crippen molar-refractivity contribution < 1.29 is 19.1 Å². The summed E-state index contributed by atoms with van der Waals surface area (Å²) in [4.78, 5) is 36.6. The Kier molecular flexibility index (Phi) is 6.56. The fourth-order valence-corrected chi connectivity index (χ4v) is 2.98. The summed E-state index contributed by atoms with van der Waals surface area (Å²) in [6.45, 7) is 4.59. The Morgan fingerprint density at radius 1 is 1.28 bits per heavy atom. The lowest BCUT2D eigenvalue weighted by atomic mass is 9.97. The van der Waals surface area contributed by atoms with Crippen LogP contribution in [0, 0.1) is 19.8 Å². The van der Waals surface area contributed by atoms with Crippen molar-refractivity contribution in [1.82, 2.24) is 10.6 Å². The van der Waals surface area contributed by atoms with Crippen LogP contribution in [0.15, 0.2) is 18.2 Å². The van der Waals surface area contributed by atoms with E-state index in [0.717, 1.165) is 24.0 Å². The number of carbonyl (C=O) groups excluding carboxylic acids is 3. The van der Waals surface area contributed by atoms with Gasteiger partial charge in [-0.2, -0.15) is 0 Å². The Bertz CT molecular complexity index is 657. The van der Waals surface area contributed by atoms with E-state index >= 15 is 0 Å². The molecule has 2 rings (SSSR count). The molecule has 1 fully saturated rings. The van der Waals surface area contributed by atoms with Gasteiger partial charge in [0.1, 0.15) is 0 Å². The number of hydrogen-bond acceptors (Lipinski definition) is 4. The Balaban J connectivity index is 2.10. The molecule has 2 amide bonds. The third kappa shape index (κ3) is 5.05. The van der Waals surface area contributed by atoms with Gasteiger partial charge < -0.3 is 15.4 Å². The van der Waals surface area contributed by atoms with Gasteiger partial charge >= 0.3 is 5.97 Å². The molecule has 2 N–H and O–H groups in total. The van der Waals surface area contributed by atoms with Crippen LogP contribution in [-0.2, 0) is 19.1 Å². The molecule has 0 unspecified atom stereocenters. The van der Waals surface area contributed by atoms with Gasteiger partial charge in [-0.15, -0.1) is 0 Å². The molecule has 6 nitrogen and oxygen atoms in total. The number of methoxy groups -OCH3 is 1. The smallest absolute Gasteiger partial charge is 0.333 e. The highest BCUT2D eigenvalue weighted by Gasteiger charge is 2.28. The van der Waals surface area contributed by atoms with Gasteiger partial charge in [-0.3, -0.25) is 9.59 Å². The molecule has 0 radical (unpaired) electrons. The number of carbonyl (C=O) groups is 3. The first-order chi connectivity index (χ1) is 11.9. The lowest BCUT2D eigenvalue weighted by molar-refractivity contribution is -0.145. The Hall–Kier alpha value is -2.37. The van der Waals surface area contributed by atoms with Crippen molar-refractivity contribution >= 4 is 17.8 Å². The van der Waals surface area contributed by atoms with Crippen molar-refractivity contribution in [2.45, 2.75) is 45.6 Å². The van der Waals surface area contributed by atoms with Gasteiger partial charge in [0.25, 0.3) is 0 Å². The highest BCUT2D eigenvalue weighted by atomic mass is 16.5. The van der Waals surface area contributed by atoms with Crippen molar-refractivity contribution in [3.63, 3.8) is 0 Å². The molecule has 136 valence electrons. The Labute approximate surface area is 148 Å². The van der Waals surface area contributed by atoms with E-state index in [1.807, 2.05) is 32.0 Å². The summed E-state index contributed by atoms with van der Waals surface area (Å²) in [7, 11) is 1.29. The topological polar surface area (TPSA) is 84.5 Å². The van der Waals surface area contributed by atoms with E-state index in [1.54, 1.807) is 0 Å². The summed E-state index contributed by atoms with van der Waals surface area (Å²) >= 11 is 0. The van der Waals surface area contributed by atoms with E-state index in [0.29, 0.717) is 18.5 Å². The number of benzene rings is 1. The van der Waals surface area contributed by atoms with Gasteiger partial charge in [0.05, 0.1) is 7.11 Å². The van der Waals surface area contributed by atoms with Crippen LogP contribution in [-0.4, -0.2) is 31.4 Å². The molecule has 0 saturated carbocycles. The first-order valence-electron chi connectivity index (χ1n) is 8.64. The van der Waals surface area contributed by atoms with Gasteiger partial charge in [0, 0.05) is 18.9 Å². The molecule has 1 aromatic rings. The fourth-order valence-electron chi connectivity index (χ4n) is 2.98. The average Bonchev–Trinajstić information content (AvgIpc) is 2.79. The molecule has 0 aromatic heterocycles. The maximum Gasteiger partial charge on any atom is 0.333 e. The minimum Gasteiger partial charge on any atom is -0.467 e. The van der Waals surface area contributed by atoms with Crippen LogP contribution < -0.4 is 10.6 Å². The van der Waals surface area contributed by atoms with Crippen LogP contribution in [0.4, 0.5) is 0 Å². The van der Waals surface area contributed by atoms with Crippen molar-refractivity contribution in [3.05, 3.63) is 34.9 Å². The number of hydrogen-bond donors (Lipinski definition) is 2. The molecule has 1 aromatic carbocycles. The molecular weight excluding hydrogens is 320 g/mol. The Morgan fingerprint density at radius 3 is 2.72 bits per heavy atom. The third-order valence-corrected chi connectivity index (χ3v) is 4.69. The van der Waals surface area contributed by atoms with E-state index in [-0.39, 0.29) is 24.2 Å². The SMILES string of the molecule is COC(=O)[C@H](NC(=O)C[C@@H]1CCCCNC1=O)c1ccc(C)c(C)c1. The lowest BCUT2D eigenvalue weighted by Crippen LogP contribution is -2.38. The predicted molar refractivity (Wildman–Crippen MR) is 93.8 cm³/mol. The number of rotatable bonds is 5. The van der Waals surface area contributed by atoms with E-state index in [1.165, 1.54) is 7.11 Å². The van der Waals surface area contributed by atoms with E-state index in [4.69, 9.17) is 4.74 Å². The number of amides is 2. The number of aryl methyl sites for hydroxylation is 2. The second-order valence-corrected chi connectivity index (χ2v) is 6.56. The van der Waals surface area contributed by atoms with Crippen LogP contribution >= 0.6 is 0 Å². The van der Waals surface area contributed by atoms with Crippen LogP contribution in [0.5, 0.6) is 0 Å². The summed E-state index contributed by atoms with van der Waals surface area (Å²) in [5, 5.41) is 5.55. The lowest BCUT2D eigenvalue weighted by Gasteiger charge is -2.19. The van der Waals surface area contributed by atoms with Crippen LogP contribution in [0.2, 0.25) is 0 Å². The zero-order valence-corrected chi connectivity index (χ0v) is 15.1. The highest BCUT2D eigenvalue weighted by Crippen LogP contribution is 2.20. The predicted octanol–water partition coefficient (Wildman–Crippen LogP) is 1.94. The molecule has 1 aliphatic heterocycles. The van der Waals surface area contributed by atoms with Crippen molar-refractivity contribution in [2.75, 3.05) is 13.7 Å². The fraction of sp³-hybridized carbons (Fsp3) is 0.526. The number of esters is 1. The largest absolute Gasteiger partial charge is 0.467 e. The zero-order chi connectivity index (χ0) is 18.4. The highest BCUT2D eigenvalue weighted by molar-refractivity contribution is 5.89. The second kappa shape index (κ2) is 8.65. The maximum atomic E-state index is 12.4. The van der Waals surface area contributed by atoms with Crippen molar-refractivity contribution in [1.29, 1.82) is 0 Å². The third-order valence-electron chi connectivity index (χ3n) is 4.69. The molecule has 0 bridgehead atoms. The molecule has 1 heterocycles. The van der Waals surface area contributed by atoms with E-state index < -0.39 is 12.0 Å². The normalized spacial score (nSPS) is 18.7. The van der Waals surface area contributed by atoms with Gasteiger partial charge in [-0.1, -0.05) is 24.6 Å². The minimum absolute atomic E-state index is 0.0736. The summed E-state index contributed by atoms with van der Waals surface area (Å²) in [6.07, 6.45) is 2.60. The van der Waals surface area contributed by atoms with Crippen molar-refractivity contribution in [3.8, 4) is 0 Å². The van der Waals surface area contributed by atoms with E-state index in [2.05, 4.69) is 10.6 Å². The summed E-state index contributed by atoms with van der Waals surface area (Å²) in [5.74, 6) is -1.29. The van der Waals surface area contributed by atoms with Gasteiger partial charge in [0.15, 0.2) is 6.04 Å². The quantitative estimate of drug-likeness (QED) is 0.798. The molecule has 25 heavy (non-hydrogen) atoms. The number of ether oxygens (including phenoxy) is 1. The molecular formula is C19H26N2O4. The van der Waals surface area contributed by atoms with Crippen LogP contribution in [0.3, 0.4) is 0 Å². The molecule has 0 spiro atoms. The second-order valence-electron chi connectivity index (χ2n) is 6.56. The van der Waals surface area contributed by atoms with Crippen molar-refractivity contribution in [2.24, 2.45) is 5.92 Å². The van der Waals surface area contributed by atoms with Gasteiger partial charge in [0.2, 0.25) is 11.8 Å². The summed E-state index contributed by atoms with van der Waals surface area (Å²) < 4.78 is 4.84.